The number of benzene rings is 1. The van der Waals surface area contributed by atoms with Crippen molar-refractivity contribution in [2.75, 3.05) is 25.0 Å². The first-order valence-corrected chi connectivity index (χ1v) is 9.37. The predicted octanol–water partition coefficient (Wildman–Crippen LogP) is 3.19. The van der Waals surface area contributed by atoms with Gasteiger partial charge in [-0.15, -0.1) is 0 Å². The second-order valence-corrected chi connectivity index (χ2v) is 7.53. The quantitative estimate of drug-likeness (QED) is 0.840. The monoisotopic (exact) mass is 355 g/mol. The van der Waals surface area contributed by atoms with E-state index in [0.29, 0.717) is 23.4 Å². The third-order valence-electron chi connectivity index (χ3n) is 5.68. The van der Waals surface area contributed by atoms with E-state index in [0.717, 1.165) is 30.6 Å². The van der Waals surface area contributed by atoms with Crippen molar-refractivity contribution in [3.63, 3.8) is 0 Å². The van der Waals surface area contributed by atoms with Gasteiger partial charge in [-0.1, -0.05) is 6.42 Å². The van der Waals surface area contributed by atoms with Crippen molar-refractivity contribution in [3.05, 3.63) is 40.2 Å². The molecule has 2 aliphatic rings. The van der Waals surface area contributed by atoms with Crippen molar-refractivity contribution in [2.24, 2.45) is 0 Å². The fourth-order valence-electron chi connectivity index (χ4n) is 4.10. The van der Waals surface area contributed by atoms with Crippen LogP contribution in [0.1, 0.15) is 31.7 Å². The molecule has 3 heterocycles. The molecule has 26 heavy (non-hydrogen) atoms. The molecule has 0 saturated carbocycles. The van der Waals surface area contributed by atoms with Crippen molar-refractivity contribution < 1.29 is 9.21 Å². The maximum absolute atomic E-state index is 12.5. The minimum Gasteiger partial charge on any atom is -0.423 e. The predicted molar refractivity (Wildman–Crippen MR) is 102 cm³/mol. The fraction of sp³-hybridized carbons (Fsp3) is 0.500. The largest absolute Gasteiger partial charge is 0.423 e. The van der Waals surface area contributed by atoms with Gasteiger partial charge >= 0.3 is 11.7 Å². The van der Waals surface area contributed by atoms with Crippen LogP contribution in [-0.2, 0) is 0 Å². The fourth-order valence-corrected chi connectivity index (χ4v) is 4.10. The summed E-state index contributed by atoms with van der Waals surface area (Å²) in [6.45, 7) is 6.85. The highest BCUT2D eigenvalue weighted by Gasteiger charge is 2.37. The molecule has 0 radical (unpaired) electrons. The number of urea groups is 1. The van der Waals surface area contributed by atoms with Gasteiger partial charge in [0.2, 0.25) is 0 Å². The van der Waals surface area contributed by atoms with Gasteiger partial charge in [0.25, 0.3) is 0 Å². The zero-order valence-electron chi connectivity index (χ0n) is 15.3. The maximum Gasteiger partial charge on any atom is 0.336 e. The Kier molecular flexibility index (Phi) is 4.44. The SMILES string of the molecule is Cc1cc(=O)oc2cc(NC(=O)N3CC(N4CCCCC4C)C3)ccc12. The van der Waals surface area contributed by atoms with E-state index in [9.17, 15) is 9.59 Å². The van der Waals surface area contributed by atoms with Gasteiger partial charge in [0, 0.05) is 48.4 Å². The number of fused-ring (bicyclic) bond motifs is 1. The van der Waals surface area contributed by atoms with E-state index in [-0.39, 0.29) is 11.7 Å². The van der Waals surface area contributed by atoms with Crippen molar-refractivity contribution in [2.45, 2.75) is 45.2 Å². The van der Waals surface area contributed by atoms with Crippen LogP contribution in [-0.4, -0.2) is 47.5 Å². The molecule has 6 nitrogen and oxygen atoms in total. The standard InChI is InChI=1S/C20H25N3O3/c1-13-9-19(24)26-18-10-15(6-7-17(13)18)21-20(25)22-11-16(12-22)23-8-4-3-5-14(23)2/h6-7,9-10,14,16H,3-5,8,11-12H2,1-2H3,(H,21,25). The molecule has 6 heteroatoms. The van der Waals surface area contributed by atoms with Gasteiger partial charge in [0.05, 0.1) is 0 Å². The number of carbonyl (C=O) groups is 1. The van der Waals surface area contributed by atoms with Gasteiger partial charge in [-0.25, -0.2) is 9.59 Å². The second-order valence-electron chi connectivity index (χ2n) is 7.53. The Morgan fingerprint density at radius 3 is 2.81 bits per heavy atom. The number of amides is 2. The summed E-state index contributed by atoms with van der Waals surface area (Å²) in [5.41, 5.74) is 1.64. The Hall–Kier alpha value is -2.34. The first-order valence-electron chi connectivity index (χ1n) is 9.37. The van der Waals surface area contributed by atoms with E-state index in [1.165, 1.54) is 25.3 Å². The number of rotatable bonds is 2. The summed E-state index contributed by atoms with van der Waals surface area (Å²) in [6.07, 6.45) is 3.82. The Morgan fingerprint density at radius 2 is 2.04 bits per heavy atom. The smallest absolute Gasteiger partial charge is 0.336 e. The molecule has 2 aromatic rings. The molecule has 138 valence electrons. The third kappa shape index (κ3) is 3.21. The highest BCUT2D eigenvalue weighted by Crippen LogP contribution is 2.25. The number of hydrogen-bond acceptors (Lipinski definition) is 4. The van der Waals surface area contributed by atoms with E-state index >= 15 is 0 Å². The van der Waals surface area contributed by atoms with E-state index in [4.69, 9.17) is 4.42 Å². The molecular formula is C20H25N3O3. The highest BCUT2D eigenvalue weighted by atomic mass is 16.4. The Morgan fingerprint density at radius 1 is 1.23 bits per heavy atom. The average Bonchev–Trinajstić information content (AvgIpc) is 2.54. The number of piperidine rings is 1. The van der Waals surface area contributed by atoms with Crippen LogP contribution in [0.2, 0.25) is 0 Å². The van der Waals surface area contributed by atoms with Gasteiger partial charge in [0.15, 0.2) is 0 Å². The van der Waals surface area contributed by atoms with E-state index in [2.05, 4.69) is 17.1 Å². The van der Waals surface area contributed by atoms with Crippen molar-refractivity contribution >= 4 is 22.7 Å². The lowest BCUT2D eigenvalue weighted by molar-refractivity contribution is 0.0199. The van der Waals surface area contributed by atoms with Crippen LogP contribution < -0.4 is 10.9 Å². The van der Waals surface area contributed by atoms with Crippen LogP contribution in [0.25, 0.3) is 11.0 Å². The van der Waals surface area contributed by atoms with E-state index in [1.54, 1.807) is 6.07 Å². The number of nitrogens with one attached hydrogen (secondary N) is 1. The summed E-state index contributed by atoms with van der Waals surface area (Å²) in [4.78, 5) is 28.4. The molecule has 2 amide bonds. The van der Waals surface area contributed by atoms with Gasteiger partial charge in [0.1, 0.15) is 5.58 Å². The lowest BCUT2D eigenvalue weighted by atomic mass is 9.98. The number of nitrogens with zero attached hydrogens (tertiary/aromatic N) is 2. The molecule has 2 saturated heterocycles. The van der Waals surface area contributed by atoms with E-state index < -0.39 is 0 Å². The Balaban J connectivity index is 1.40. The first kappa shape index (κ1) is 17.1. The van der Waals surface area contributed by atoms with Crippen molar-refractivity contribution in [1.29, 1.82) is 0 Å². The topological polar surface area (TPSA) is 65.8 Å². The number of hydrogen-bond donors (Lipinski definition) is 1. The molecule has 1 N–H and O–H groups in total. The summed E-state index contributed by atoms with van der Waals surface area (Å²) in [5, 5.41) is 3.80. The average molecular weight is 355 g/mol. The van der Waals surface area contributed by atoms with Crippen LogP contribution in [0.3, 0.4) is 0 Å². The van der Waals surface area contributed by atoms with Crippen LogP contribution in [0, 0.1) is 6.92 Å². The van der Waals surface area contributed by atoms with Crippen LogP contribution >= 0.6 is 0 Å². The molecular weight excluding hydrogens is 330 g/mol. The van der Waals surface area contributed by atoms with Crippen LogP contribution in [0.4, 0.5) is 10.5 Å². The number of likely N-dealkylation sites (tertiary alicyclic amines) is 2. The zero-order chi connectivity index (χ0) is 18.3. The molecule has 1 atom stereocenters. The maximum atomic E-state index is 12.5. The molecule has 0 bridgehead atoms. The summed E-state index contributed by atoms with van der Waals surface area (Å²) in [5.74, 6) is 0. The molecule has 0 aliphatic carbocycles. The highest BCUT2D eigenvalue weighted by molar-refractivity contribution is 5.93. The lowest BCUT2D eigenvalue weighted by Gasteiger charge is -2.49. The summed E-state index contributed by atoms with van der Waals surface area (Å²) >= 11 is 0. The molecule has 1 aromatic heterocycles. The molecule has 2 fully saturated rings. The van der Waals surface area contributed by atoms with Crippen molar-refractivity contribution in [3.8, 4) is 0 Å². The van der Waals surface area contributed by atoms with Crippen LogP contribution in [0.15, 0.2) is 33.5 Å². The van der Waals surface area contributed by atoms with Crippen LogP contribution in [0.5, 0.6) is 0 Å². The Labute approximate surface area is 152 Å². The summed E-state index contributed by atoms with van der Waals surface area (Å²) in [6, 6.07) is 7.90. The summed E-state index contributed by atoms with van der Waals surface area (Å²) in [7, 11) is 0. The third-order valence-corrected chi connectivity index (χ3v) is 5.68. The number of carbonyl (C=O) groups excluding carboxylic acids is 1. The van der Waals surface area contributed by atoms with Crippen molar-refractivity contribution in [1.82, 2.24) is 9.80 Å². The normalized spacial score (nSPS) is 21.6. The Bertz CT molecular complexity index is 885. The number of aryl methyl sites for hydroxylation is 1. The molecule has 1 aromatic carbocycles. The first-order chi connectivity index (χ1) is 12.5. The number of anilines is 1. The molecule has 4 rings (SSSR count). The second kappa shape index (κ2) is 6.76. The van der Waals surface area contributed by atoms with E-state index in [1.807, 2.05) is 24.0 Å². The van der Waals surface area contributed by atoms with Gasteiger partial charge in [-0.3, -0.25) is 4.90 Å². The van der Waals surface area contributed by atoms with Gasteiger partial charge < -0.3 is 14.6 Å². The molecule has 2 aliphatic heterocycles. The van der Waals surface area contributed by atoms with Gasteiger partial charge in [-0.2, -0.15) is 0 Å². The lowest BCUT2D eigenvalue weighted by Crippen LogP contribution is -2.64. The zero-order valence-corrected chi connectivity index (χ0v) is 15.3. The van der Waals surface area contributed by atoms with Gasteiger partial charge in [-0.05, 0) is 50.9 Å². The molecule has 0 spiro atoms. The minimum atomic E-state index is -0.375. The summed E-state index contributed by atoms with van der Waals surface area (Å²) < 4.78 is 5.25. The minimum absolute atomic E-state index is 0.0970. The molecule has 1 unspecified atom stereocenters.